The van der Waals surface area contributed by atoms with Gasteiger partial charge in [0, 0.05) is 0 Å². The Morgan fingerprint density at radius 1 is 1.35 bits per heavy atom. The minimum atomic E-state index is -1.80. The number of carboxylic acid groups (broad SMARTS) is 1. The van der Waals surface area contributed by atoms with E-state index in [0.717, 1.165) is 12.1 Å². The van der Waals surface area contributed by atoms with Crippen LogP contribution in [0.4, 0.5) is 8.78 Å². The maximum absolute atomic E-state index is 13.1. The molecule has 1 atom stereocenters. The molecule has 1 aromatic carbocycles. The average Bonchev–Trinajstić information content (AvgIpc) is 2.28. The molecular weight excluding hydrogens is 236 g/mol. The summed E-state index contributed by atoms with van der Waals surface area (Å²) < 4.78 is 25.8. The average molecular weight is 245 g/mol. The molecule has 0 heterocycles. The minimum absolute atomic E-state index is 0.553. The fourth-order valence-corrected chi connectivity index (χ4v) is 1.04. The van der Waals surface area contributed by atoms with Crippen molar-refractivity contribution in [3.05, 3.63) is 35.4 Å². The summed E-state index contributed by atoms with van der Waals surface area (Å²) in [4.78, 5) is 21.6. The molecular formula is C10H9F2NO4. The SMILES string of the molecule is O=C(NCC(O)C(=O)O)c1cc(F)ccc1F. The second kappa shape index (κ2) is 5.35. The lowest BCUT2D eigenvalue weighted by Crippen LogP contribution is -2.36. The van der Waals surface area contributed by atoms with Gasteiger partial charge in [-0.05, 0) is 18.2 Å². The van der Waals surface area contributed by atoms with Crippen molar-refractivity contribution in [1.29, 1.82) is 0 Å². The third kappa shape index (κ3) is 3.49. The summed E-state index contributed by atoms with van der Waals surface area (Å²) in [6, 6.07) is 2.30. The van der Waals surface area contributed by atoms with Crippen LogP contribution < -0.4 is 5.32 Å². The highest BCUT2D eigenvalue weighted by atomic mass is 19.1. The Kier molecular flexibility index (Phi) is 4.11. The van der Waals surface area contributed by atoms with E-state index in [1.165, 1.54) is 0 Å². The first-order valence-electron chi connectivity index (χ1n) is 4.56. The van der Waals surface area contributed by atoms with Crippen LogP contribution in [-0.2, 0) is 4.79 Å². The van der Waals surface area contributed by atoms with Crippen molar-refractivity contribution >= 4 is 11.9 Å². The fraction of sp³-hybridized carbons (Fsp3) is 0.200. The number of nitrogens with one attached hydrogen (secondary N) is 1. The number of carboxylic acids is 1. The van der Waals surface area contributed by atoms with Gasteiger partial charge in [0.05, 0.1) is 12.1 Å². The molecule has 0 fully saturated rings. The molecule has 0 aliphatic carbocycles. The fourth-order valence-electron chi connectivity index (χ4n) is 1.04. The summed E-state index contributed by atoms with van der Waals surface area (Å²) in [6.45, 7) is -0.593. The Hall–Kier alpha value is -2.02. The van der Waals surface area contributed by atoms with E-state index in [4.69, 9.17) is 10.2 Å². The van der Waals surface area contributed by atoms with E-state index in [2.05, 4.69) is 0 Å². The third-order valence-electron chi connectivity index (χ3n) is 1.91. The van der Waals surface area contributed by atoms with Crippen LogP contribution in [0.5, 0.6) is 0 Å². The molecule has 7 heteroatoms. The first kappa shape index (κ1) is 13.0. The summed E-state index contributed by atoms with van der Waals surface area (Å²) in [7, 11) is 0. The second-order valence-electron chi connectivity index (χ2n) is 3.19. The standard InChI is InChI=1S/C10H9F2NO4/c11-5-1-2-7(12)6(3-5)9(15)13-4-8(14)10(16)17/h1-3,8,14H,4H2,(H,13,15)(H,16,17). The minimum Gasteiger partial charge on any atom is -0.479 e. The molecule has 1 rings (SSSR count). The predicted octanol–water partition coefficient (Wildman–Crippen LogP) is 0.140. The second-order valence-corrected chi connectivity index (χ2v) is 3.19. The number of amides is 1. The van der Waals surface area contributed by atoms with E-state index >= 15 is 0 Å². The Morgan fingerprint density at radius 2 is 2.00 bits per heavy atom. The van der Waals surface area contributed by atoms with Gasteiger partial charge in [-0.25, -0.2) is 13.6 Å². The predicted molar refractivity (Wildman–Crippen MR) is 52.3 cm³/mol. The normalized spacial score (nSPS) is 11.9. The molecule has 0 aliphatic rings. The molecule has 1 amide bonds. The third-order valence-corrected chi connectivity index (χ3v) is 1.91. The first-order valence-corrected chi connectivity index (χ1v) is 4.56. The Labute approximate surface area is 94.7 Å². The van der Waals surface area contributed by atoms with Crippen molar-refractivity contribution in [1.82, 2.24) is 5.32 Å². The zero-order valence-corrected chi connectivity index (χ0v) is 8.48. The van der Waals surface area contributed by atoms with Crippen LogP contribution in [0.2, 0.25) is 0 Å². The van der Waals surface area contributed by atoms with E-state index in [0.29, 0.717) is 6.07 Å². The number of halogens is 2. The lowest BCUT2D eigenvalue weighted by Gasteiger charge is -2.08. The topological polar surface area (TPSA) is 86.6 Å². The van der Waals surface area contributed by atoms with E-state index < -0.39 is 41.7 Å². The smallest absolute Gasteiger partial charge is 0.334 e. The van der Waals surface area contributed by atoms with Crippen molar-refractivity contribution < 1.29 is 28.6 Å². The summed E-state index contributed by atoms with van der Waals surface area (Å²) in [5.41, 5.74) is -0.553. The number of hydrogen-bond acceptors (Lipinski definition) is 3. The molecule has 0 aromatic heterocycles. The Morgan fingerprint density at radius 3 is 2.59 bits per heavy atom. The van der Waals surface area contributed by atoms with E-state index in [1.807, 2.05) is 5.32 Å². The summed E-state index contributed by atoms with van der Waals surface area (Å²) in [5, 5.41) is 19.2. The number of benzene rings is 1. The number of aliphatic hydroxyl groups is 1. The maximum atomic E-state index is 13.1. The van der Waals surface area contributed by atoms with E-state index in [9.17, 15) is 18.4 Å². The van der Waals surface area contributed by atoms with E-state index in [1.54, 1.807) is 0 Å². The lowest BCUT2D eigenvalue weighted by molar-refractivity contribution is -0.146. The van der Waals surface area contributed by atoms with Crippen molar-refractivity contribution in [2.75, 3.05) is 6.54 Å². The Bertz CT molecular complexity index is 450. The summed E-state index contributed by atoms with van der Waals surface area (Å²) in [5.74, 6) is -4.25. The van der Waals surface area contributed by atoms with Gasteiger partial charge in [-0.3, -0.25) is 4.79 Å². The number of rotatable bonds is 4. The number of carbonyl (C=O) groups excluding carboxylic acids is 1. The molecule has 0 aliphatic heterocycles. The van der Waals surface area contributed by atoms with Crippen molar-refractivity contribution in [3.63, 3.8) is 0 Å². The van der Waals surface area contributed by atoms with Gasteiger partial charge in [-0.15, -0.1) is 0 Å². The van der Waals surface area contributed by atoms with Crippen molar-refractivity contribution in [3.8, 4) is 0 Å². The van der Waals surface area contributed by atoms with Gasteiger partial charge in [-0.1, -0.05) is 0 Å². The molecule has 1 unspecified atom stereocenters. The molecule has 0 bridgehead atoms. The largest absolute Gasteiger partial charge is 0.479 e. The van der Waals surface area contributed by atoms with Gasteiger partial charge in [0.25, 0.3) is 5.91 Å². The van der Waals surface area contributed by atoms with Crippen LogP contribution in [0.25, 0.3) is 0 Å². The molecule has 5 nitrogen and oxygen atoms in total. The number of aliphatic hydroxyl groups excluding tert-OH is 1. The van der Waals surface area contributed by atoms with Gasteiger partial charge in [0.1, 0.15) is 11.6 Å². The number of aliphatic carboxylic acids is 1. The highest BCUT2D eigenvalue weighted by molar-refractivity contribution is 5.94. The zero-order chi connectivity index (χ0) is 13.0. The molecule has 3 N–H and O–H groups in total. The molecule has 0 saturated carbocycles. The van der Waals surface area contributed by atoms with Crippen LogP contribution in [0.1, 0.15) is 10.4 Å². The van der Waals surface area contributed by atoms with Crippen LogP contribution in [0.15, 0.2) is 18.2 Å². The summed E-state index contributed by atoms with van der Waals surface area (Å²) in [6.07, 6.45) is -1.80. The quantitative estimate of drug-likeness (QED) is 0.704. The Balaban J connectivity index is 2.70. The highest BCUT2D eigenvalue weighted by Crippen LogP contribution is 2.09. The van der Waals surface area contributed by atoms with Crippen LogP contribution in [-0.4, -0.2) is 34.7 Å². The number of carbonyl (C=O) groups is 2. The van der Waals surface area contributed by atoms with Gasteiger partial charge in [-0.2, -0.15) is 0 Å². The van der Waals surface area contributed by atoms with Crippen LogP contribution in [0.3, 0.4) is 0 Å². The molecule has 1 aromatic rings. The van der Waals surface area contributed by atoms with Gasteiger partial charge < -0.3 is 15.5 Å². The summed E-state index contributed by atoms with van der Waals surface area (Å²) >= 11 is 0. The van der Waals surface area contributed by atoms with E-state index in [-0.39, 0.29) is 0 Å². The highest BCUT2D eigenvalue weighted by Gasteiger charge is 2.17. The van der Waals surface area contributed by atoms with Gasteiger partial charge >= 0.3 is 5.97 Å². The molecule has 92 valence electrons. The molecule has 17 heavy (non-hydrogen) atoms. The molecule has 0 saturated heterocycles. The van der Waals surface area contributed by atoms with Crippen LogP contribution >= 0.6 is 0 Å². The van der Waals surface area contributed by atoms with Crippen molar-refractivity contribution in [2.45, 2.75) is 6.10 Å². The first-order chi connectivity index (χ1) is 7.91. The number of hydrogen-bond donors (Lipinski definition) is 3. The van der Waals surface area contributed by atoms with Gasteiger partial charge in [0.15, 0.2) is 6.10 Å². The zero-order valence-electron chi connectivity index (χ0n) is 8.48. The monoisotopic (exact) mass is 245 g/mol. The molecule has 0 radical (unpaired) electrons. The maximum Gasteiger partial charge on any atom is 0.334 e. The van der Waals surface area contributed by atoms with Crippen LogP contribution in [0, 0.1) is 11.6 Å². The van der Waals surface area contributed by atoms with Gasteiger partial charge in [0.2, 0.25) is 0 Å². The molecule has 0 spiro atoms. The van der Waals surface area contributed by atoms with Crippen molar-refractivity contribution in [2.24, 2.45) is 0 Å². The lowest BCUT2D eigenvalue weighted by atomic mass is 10.2.